The third-order valence-corrected chi connectivity index (χ3v) is 3.37. The number of anilines is 1. The standard InChI is InChI=1S/C14H13BrN4O2S/c1-21-12-6-9(5-11(15)13(12)20)7-17-19-14(22)18-10-3-2-4-16-8-10/h2-8,20H,1H3,(H2,18,19,22). The first-order chi connectivity index (χ1) is 10.6. The van der Waals surface area contributed by atoms with Gasteiger partial charge in [0.15, 0.2) is 16.6 Å². The average molecular weight is 381 g/mol. The Bertz CT molecular complexity index is 695. The van der Waals surface area contributed by atoms with E-state index in [1.165, 1.54) is 7.11 Å². The van der Waals surface area contributed by atoms with E-state index in [4.69, 9.17) is 17.0 Å². The lowest BCUT2D eigenvalue weighted by Gasteiger charge is -2.07. The molecule has 2 rings (SSSR count). The van der Waals surface area contributed by atoms with E-state index < -0.39 is 0 Å². The van der Waals surface area contributed by atoms with Crippen molar-refractivity contribution in [3.63, 3.8) is 0 Å². The second-order valence-electron chi connectivity index (χ2n) is 4.12. The Balaban J connectivity index is 1.98. The summed E-state index contributed by atoms with van der Waals surface area (Å²) < 4.78 is 5.58. The molecule has 22 heavy (non-hydrogen) atoms. The van der Waals surface area contributed by atoms with Crippen LogP contribution in [0.5, 0.6) is 11.5 Å². The average Bonchev–Trinajstić information content (AvgIpc) is 2.51. The van der Waals surface area contributed by atoms with Gasteiger partial charge in [0.25, 0.3) is 0 Å². The number of rotatable bonds is 4. The fourth-order valence-electron chi connectivity index (χ4n) is 1.59. The molecule has 0 unspecified atom stereocenters. The number of aromatic hydroxyl groups is 1. The number of hydrazone groups is 1. The highest BCUT2D eigenvalue weighted by atomic mass is 79.9. The summed E-state index contributed by atoms with van der Waals surface area (Å²) in [5.74, 6) is 0.397. The first-order valence-corrected chi connectivity index (χ1v) is 7.37. The van der Waals surface area contributed by atoms with E-state index in [-0.39, 0.29) is 5.75 Å². The van der Waals surface area contributed by atoms with Gasteiger partial charge in [0, 0.05) is 6.20 Å². The fraction of sp³-hybridized carbons (Fsp3) is 0.0714. The van der Waals surface area contributed by atoms with Gasteiger partial charge in [-0.15, -0.1) is 0 Å². The maximum atomic E-state index is 9.73. The molecule has 0 aliphatic rings. The van der Waals surface area contributed by atoms with Gasteiger partial charge in [0.05, 0.1) is 29.7 Å². The highest BCUT2D eigenvalue weighted by Crippen LogP contribution is 2.34. The number of nitrogens with zero attached hydrogens (tertiary/aromatic N) is 2. The third-order valence-electron chi connectivity index (χ3n) is 2.57. The molecule has 0 bridgehead atoms. The Labute approximate surface area is 141 Å². The van der Waals surface area contributed by atoms with Crippen LogP contribution in [0.2, 0.25) is 0 Å². The molecule has 0 atom stereocenters. The Hall–Kier alpha value is -2.19. The van der Waals surface area contributed by atoms with Crippen molar-refractivity contribution in [3.05, 3.63) is 46.7 Å². The van der Waals surface area contributed by atoms with Crippen molar-refractivity contribution in [3.8, 4) is 11.5 Å². The minimum Gasteiger partial charge on any atom is -0.503 e. The molecule has 2 aromatic rings. The molecule has 3 N–H and O–H groups in total. The maximum Gasteiger partial charge on any atom is 0.191 e. The number of nitrogens with one attached hydrogen (secondary N) is 2. The number of phenolic OH excluding ortho intramolecular Hbond substituents is 1. The van der Waals surface area contributed by atoms with Gasteiger partial charge in [-0.05, 0) is 58.0 Å². The van der Waals surface area contributed by atoms with Crippen LogP contribution in [-0.4, -0.2) is 28.5 Å². The van der Waals surface area contributed by atoms with Gasteiger partial charge in [-0.1, -0.05) is 0 Å². The Kier molecular flexibility index (Phi) is 5.68. The van der Waals surface area contributed by atoms with E-state index in [1.807, 2.05) is 6.07 Å². The second kappa shape index (κ2) is 7.71. The number of ether oxygens (including phenoxy) is 1. The summed E-state index contributed by atoms with van der Waals surface area (Å²) in [6.07, 6.45) is 4.89. The summed E-state index contributed by atoms with van der Waals surface area (Å²) in [5.41, 5.74) is 4.20. The molecule has 0 fully saturated rings. The lowest BCUT2D eigenvalue weighted by Crippen LogP contribution is -2.23. The molecule has 0 radical (unpaired) electrons. The molecular formula is C14H13BrN4O2S. The minimum atomic E-state index is 0.0429. The van der Waals surface area contributed by atoms with Gasteiger partial charge in [0.1, 0.15) is 0 Å². The number of phenols is 1. The first kappa shape index (κ1) is 16.2. The number of thiocarbonyl (C=S) groups is 1. The predicted octanol–water partition coefficient (Wildman–Crippen LogP) is 2.88. The van der Waals surface area contributed by atoms with Crippen LogP contribution in [0, 0.1) is 0 Å². The van der Waals surface area contributed by atoms with E-state index in [9.17, 15) is 5.11 Å². The van der Waals surface area contributed by atoms with Crippen LogP contribution in [0.15, 0.2) is 46.2 Å². The molecule has 0 spiro atoms. The number of hydrogen-bond acceptors (Lipinski definition) is 5. The molecule has 114 valence electrons. The monoisotopic (exact) mass is 380 g/mol. The topological polar surface area (TPSA) is 78.8 Å². The van der Waals surface area contributed by atoms with Crippen molar-refractivity contribution in [1.82, 2.24) is 10.4 Å². The van der Waals surface area contributed by atoms with Crippen molar-refractivity contribution in [2.75, 3.05) is 12.4 Å². The number of benzene rings is 1. The molecule has 0 aliphatic heterocycles. The molecule has 1 heterocycles. The predicted molar refractivity (Wildman–Crippen MR) is 93.5 cm³/mol. The molecule has 0 saturated carbocycles. The molecular weight excluding hydrogens is 368 g/mol. The smallest absolute Gasteiger partial charge is 0.191 e. The quantitative estimate of drug-likeness (QED) is 0.430. The van der Waals surface area contributed by atoms with Gasteiger partial charge in [0.2, 0.25) is 0 Å². The van der Waals surface area contributed by atoms with E-state index in [1.54, 1.807) is 36.8 Å². The van der Waals surface area contributed by atoms with Gasteiger partial charge in [-0.25, -0.2) is 0 Å². The second-order valence-corrected chi connectivity index (χ2v) is 5.38. The van der Waals surface area contributed by atoms with Crippen molar-refractivity contribution < 1.29 is 9.84 Å². The Morgan fingerprint density at radius 2 is 2.32 bits per heavy atom. The minimum absolute atomic E-state index is 0.0429. The molecule has 0 aliphatic carbocycles. The lowest BCUT2D eigenvalue weighted by molar-refractivity contribution is 0.372. The SMILES string of the molecule is COc1cc(C=NNC(=S)Nc2cccnc2)cc(Br)c1O. The van der Waals surface area contributed by atoms with Gasteiger partial charge in [-0.2, -0.15) is 5.10 Å². The molecule has 0 amide bonds. The zero-order valence-corrected chi connectivity index (χ0v) is 14.0. The number of halogens is 1. The van der Waals surface area contributed by atoms with Crippen LogP contribution in [0.1, 0.15) is 5.56 Å². The number of aromatic nitrogens is 1. The summed E-state index contributed by atoms with van der Waals surface area (Å²) in [6.45, 7) is 0. The lowest BCUT2D eigenvalue weighted by atomic mass is 10.2. The maximum absolute atomic E-state index is 9.73. The summed E-state index contributed by atoms with van der Waals surface area (Å²) in [4.78, 5) is 3.97. The van der Waals surface area contributed by atoms with Crippen LogP contribution in [-0.2, 0) is 0 Å². The van der Waals surface area contributed by atoms with Crippen molar-refractivity contribution >= 4 is 45.2 Å². The highest BCUT2D eigenvalue weighted by molar-refractivity contribution is 9.10. The van der Waals surface area contributed by atoms with Crippen LogP contribution >= 0.6 is 28.1 Å². The van der Waals surface area contributed by atoms with E-state index in [2.05, 4.69) is 36.8 Å². The summed E-state index contributed by atoms with van der Waals surface area (Å²) in [5, 5.41) is 17.0. The molecule has 1 aromatic carbocycles. The molecule has 1 aromatic heterocycles. The van der Waals surface area contributed by atoms with Crippen LogP contribution < -0.4 is 15.5 Å². The normalized spacial score (nSPS) is 10.5. The number of methoxy groups -OCH3 is 1. The third kappa shape index (κ3) is 4.40. The number of hydrogen-bond donors (Lipinski definition) is 3. The summed E-state index contributed by atoms with van der Waals surface area (Å²) in [6, 6.07) is 7.00. The zero-order valence-electron chi connectivity index (χ0n) is 11.6. The van der Waals surface area contributed by atoms with Crippen LogP contribution in [0.3, 0.4) is 0 Å². The molecule has 6 nitrogen and oxygen atoms in total. The van der Waals surface area contributed by atoms with Crippen molar-refractivity contribution in [1.29, 1.82) is 0 Å². The van der Waals surface area contributed by atoms with Crippen molar-refractivity contribution in [2.24, 2.45) is 5.10 Å². The van der Waals surface area contributed by atoms with E-state index in [0.29, 0.717) is 15.3 Å². The Morgan fingerprint density at radius 1 is 1.50 bits per heavy atom. The van der Waals surface area contributed by atoms with Crippen LogP contribution in [0.4, 0.5) is 5.69 Å². The largest absolute Gasteiger partial charge is 0.503 e. The van der Waals surface area contributed by atoms with Gasteiger partial charge in [-0.3, -0.25) is 10.4 Å². The number of pyridine rings is 1. The van der Waals surface area contributed by atoms with Crippen LogP contribution in [0.25, 0.3) is 0 Å². The molecule has 8 heteroatoms. The van der Waals surface area contributed by atoms with Crippen molar-refractivity contribution in [2.45, 2.75) is 0 Å². The molecule has 0 saturated heterocycles. The summed E-state index contributed by atoms with van der Waals surface area (Å²) >= 11 is 8.35. The fourth-order valence-corrected chi connectivity index (χ4v) is 2.22. The first-order valence-electron chi connectivity index (χ1n) is 6.16. The zero-order chi connectivity index (χ0) is 15.9. The highest BCUT2D eigenvalue weighted by Gasteiger charge is 2.07. The van der Waals surface area contributed by atoms with E-state index >= 15 is 0 Å². The van der Waals surface area contributed by atoms with Gasteiger partial charge >= 0.3 is 0 Å². The van der Waals surface area contributed by atoms with E-state index in [0.717, 1.165) is 11.3 Å². The summed E-state index contributed by atoms with van der Waals surface area (Å²) in [7, 11) is 1.48. The Morgan fingerprint density at radius 3 is 3.00 bits per heavy atom. The van der Waals surface area contributed by atoms with Gasteiger partial charge < -0.3 is 15.2 Å².